The van der Waals surface area contributed by atoms with Crippen molar-refractivity contribution in [2.24, 2.45) is 17.4 Å². The molecule has 4 heteroatoms. The molecule has 0 aliphatic heterocycles. The van der Waals surface area contributed by atoms with Crippen LogP contribution in [0.5, 0.6) is 0 Å². The van der Waals surface area contributed by atoms with E-state index in [1.165, 1.54) is 0 Å². The Hall–Kier alpha value is -0.610. The quantitative estimate of drug-likeness (QED) is 0.634. The first-order chi connectivity index (χ1) is 6.17. The number of carbonyl (C=O) groups excluding carboxylic acids is 1. The lowest BCUT2D eigenvalue weighted by Gasteiger charge is -2.35. The molecule has 1 rings (SSSR count). The SMILES string of the molecule is CCC(OC1CC(CN)C1)C(N)=O. The second-order valence-electron chi connectivity index (χ2n) is 3.63. The molecule has 0 spiro atoms. The van der Waals surface area contributed by atoms with Crippen LogP contribution in [0.1, 0.15) is 26.2 Å². The van der Waals surface area contributed by atoms with E-state index in [1.807, 2.05) is 6.92 Å². The highest BCUT2D eigenvalue weighted by molar-refractivity contribution is 5.78. The number of hydrogen-bond donors (Lipinski definition) is 2. The molecule has 1 unspecified atom stereocenters. The third-order valence-electron chi connectivity index (χ3n) is 2.57. The highest BCUT2D eigenvalue weighted by Gasteiger charge is 2.31. The minimum atomic E-state index is -0.413. The van der Waals surface area contributed by atoms with Crippen LogP contribution in [0.3, 0.4) is 0 Å². The van der Waals surface area contributed by atoms with Crippen LogP contribution >= 0.6 is 0 Å². The van der Waals surface area contributed by atoms with Crippen LogP contribution in [0.4, 0.5) is 0 Å². The van der Waals surface area contributed by atoms with Crippen LogP contribution in [0.15, 0.2) is 0 Å². The first kappa shape index (κ1) is 10.5. The summed E-state index contributed by atoms with van der Waals surface area (Å²) in [5.41, 5.74) is 10.6. The summed E-state index contributed by atoms with van der Waals surface area (Å²) >= 11 is 0. The first-order valence-electron chi connectivity index (χ1n) is 4.82. The molecule has 1 atom stereocenters. The van der Waals surface area contributed by atoms with Gasteiger partial charge in [-0.2, -0.15) is 0 Å². The van der Waals surface area contributed by atoms with Gasteiger partial charge in [0.25, 0.3) is 0 Å². The van der Waals surface area contributed by atoms with Crippen molar-refractivity contribution in [3.8, 4) is 0 Å². The summed E-state index contributed by atoms with van der Waals surface area (Å²) in [7, 11) is 0. The number of carbonyl (C=O) groups is 1. The highest BCUT2D eigenvalue weighted by Crippen LogP contribution is 2.30. The number of amides is 1. The van der Waals surface area contributed by atoms with E-state index in [2.05, 4.69) is 0 Å². The molecule has 0 heterocycles. The van der Waals surface area contributed by atoms with E-state index >= 15 is 0 Å². The van der Waals surface area contributed by atoms with Gasteiger partial charge >= 0.3 is 0 Å². The Labute approximate surface area is 78.6 Å². The van der Waals surface area contributed by atoms with Gasteiger partial charge in [-0.3, -0.25) is 4.79 Å². The van der Waals surface area contributed by atoms with E-state index in [4.69, 9.17) is 16.2 Å². The highest BCUT2D eigenvalue weighted by atomic mass is 16.5. The second-order valence-corrected chi connectivity index (χ2v) is 3.63. The summed E-state index contributed by atoms with van der Waals surface area (Å²) in [6.07, 6.45) is 2.38. The van der Waals surface area contributed by atoms with E-state index in [1.54, 1.807) is 0 Å². The molecule has 1 saturated carbocycles. The monoisotopic (exact) mass is 186 g/mol. The van der Waals surface area contributed by atoms with Crippen LogP contribution in [-0.4, -0.2) is 24.7 Å². The van der Waals surface area contributed by atoms with Gasteiger partial charge in [0.2, 0.25) is 5.91 Å². The Kier molecular flexibility index (Phi) is 3.69. The fourth-order valence-electron chi connectivity index (χ4n) is 1.57. The van der Waals surface area contributed by atoms with Crippen LogP contribution in [0.2, 0.25) is 0 Å². The maximum absolute atomic E-state index is 10.8. The van der Waals surface area contributed by atoms with Crippen molar-refractivity contribution in [2.75, 3.05) is 6.54 Å². The molecule has 0 bridgehead atoms. The zero-order valence-electron chi connectivity index (χ0n) is 8.03. The van der Waals surface area contributed by atoms with Gasteiger partial charge in [0.05, 0.1) is 6.10 Å². The van der Waals surface area contributed by atoms with Gasteiger partial charge in [-0.1, -0.05) is 6.92 Å². The summed E-state index contributed by atoms with van der Waals surface area (Å²) in [5.74, 6) is 0.217. The van der Waals surface area contributed by atoms with Gasteiger partial charge in [-0.25, -0.2) is 0 Å². The molecular formula is C9H18N2O2. The number of hydrogen-bond acceptors (Lipinski definition) is 3. The molecule has 0 aromatic carbocycles. The van der Waals surface area contributed by atoms with Gasteiger partial charge in [0.15, 0.2) is 0 Å². The summed E-state index contributed by atoms with van der Waals surface area (Å²) in [5, 5.41) is 0. The fourth-order valence-corrected chi connectivity index (χ4v) is 1.57. The summed E-state index contributed by atoms with van der Waals surface area (Å²) in [6, 6.07) is 0. The van der Waals surface area contributed by atoms with Crippen molar-refractivity contribution in [3.05, 3.63) is 0 Å². The maximum atomic E-state index is 10.8. The molecule has 0 saturated heterocycles. The maximum Gasteiger partial charge on any atom is 0.246 e. The van der Waals surface area contributed by atoms with E-state index < -0.39 is 6.10 Å². The lowest BCUT2D eigenvalue weighted by Crippen LogP contribution is -2.41. The lowest BCUT2D eigenvalue weighted by atomic mass is 9.82. The Bertz CT molecular complexity index is 178. The molecule has 13 heavy (non-hydrogen) atoms. The van der Waals surface area contributed by atoms with Crippen molar-refractivity contribution in [2.45, 2.75) is 38.4 Å². The van der Waals surface area contributed by atoms with Crippen LogP contribution in [0.25, 0.3) is 0 Å². The molecule has 1 fully saturated rings. The van der Waals surface area contributed by atoms with Crippen LogP contribution in [-0.2, 0) is 9.53 Å². The van der Waals surface area contributed by atoms with Gasteiger partial charge in [-0.15, -0.1) is 0 Å². The third kappa shape index (κ3) is 2.67. The van der Waals surface area contributed by atoms with Gasteiger partial charge in [0.1, 0.15) is 6.10 Å². The molecule has 4 N–H and O–H groups in total. The predicted octanol–water partition coefficient (Wildman–Crippen LogP) is 0.00420. The topological polar surface area (TPSA) is 78.3 Å². The Morgan fingerprint density at radius 1 is 1.62 bits per heavy atom. The Morgan fingerprint density at radius 2 is 2.23 bits per heavy atom. The van der Waals surface area contributed by atoms with E-state index in [-0.39, 0.29) is 12.0 Å². The van der Waals surface area contributed by atoms with E-state index in [0.717, 1.165) is 12.8 Å². The average molecular weight is 186 g/mol. The van der Waals surface area contributed by atoms with Crippen molar-refractivity contribution in [1.82, 2.24) is 0 Å². The third-order valence-corrected chi connectivity index (χ3v) is 2.57. The number of rotatable bonds is 5. The summed E-state index contributed by atoms with van der Waals surface area (Å²) < 4.78 is 5.50. The number of ether oxygens (including phenoxy) is 1. The normalized spacial score (nSPS) is 29.4. The Balaban J connectivity index is 2.21. The first-order valence-corrected chi connectivity index (χ1v) is 4.82. The molecule has 1 amide bonds. The standard InChI is InChI=1S/C9H18N2O2/c1-2-8(9(11)12)13-7-3-6(4-7)5-10/h6-8H,2-5,10H2,1H3,(H2,11,12). The van der Waals surface area contributed by atoms with Crippen LogP contribution in [0, 0.1) is 5.92 Å². The smallest absolute Gasteiger partial charge is 0.246 e. The molecule has 76 valence electrons. The van der Waals surface area contributed by atoms with Crippen molar-refractivity contribution >= 4 is 5.91 Å². The Morgan fingerprint density at radius 3 is 2.62 bits per heavy atom. The number of nitrogens with two attached hydrogens (primary N) is 2. The number of primary amides is 1. The minimum absolute atomic E-state index is 0.200. The van der Waals surface area contributed by atoms with E-state index in [9.17, 15) is 4.79 Å². The van der Waals surface area contributed by atoms with Crippen molar-refractivity contribution in [3.63, 3.8) is 0 Å². The fraction of sp³-hybridized carbons (Fsp3) is 0.889. The molecule has 4 nitrogen and oxygen atoms in total. The zero-order chi connectivity index (χ0) is 9.84. The molecule has 0 radical (unpaired) electrons. The molecule has 0 aromatic heterocycles. The van der Waals surface area contributed by atoms with Gasteiger partial charge < -0.3 is 16.2 Å². The lowest BCUT2D eigenvalue weighted by molar-refractivity contribution is -0.140. The predicted molar refractivity (Wildman–Crippen MR) is 49.9 cm³/mol. The van der Waals surface area contributed by atoms with Gasteiger partial charge in [0, 0.05) is 0 Å². The van der Waals surface area contributed by atoms with E-state index in [0.29, 0.717) is 18.9 Å². The van der Waals surface area contributed by atoms with Crippen LogP contribution < -0.4 is 11.5 Å². The molecule has 0 aromatic rings. The van der Waals surface area contributed by atoms with Gasteiger partial charge in [-0.05, 0) is 31.7 Å². The molecule has 1 aliphatic rings. The minimum Gasteiger partial charge on any atom is -0.367 e. The largest absolute Gasteiger partial charge is 0.367 e. The van der Waals surface area contributed by atoms with Crippen molar-refractivity contribution < 1.29 is 9.53 Å². The molecule has 1 aliphatic carbocycles. The summed E-state index contributed by atoms with van der Waals surface area (Å²) in [4.78, 5) is 10.8. The summed E-state index contributed by atoms with van der Waals surface area (Å²) in [6.45, 7) is 2.61. The second kappa shape index (κ2) is 4.58. The molecular weight excluding hydrogens is 168 g/mol. The average Bonchev–Trinajstić information content (AvgIpc) is 2.02. The zero-order valence-corrected chi connectivity index (χ0v) is 8.03. The van der Waals surface area contributed by atoms with Crippen molar-refractivity contribution in [1.29, 1.82) is 0 Å².